The van der Waals surface area contributed by atoms with Gasteiger partial charge in [-0.3, -0.25) is 4.28 Å². The summed E-state index contributed by atoms with van der Waals surface area (Å²) in [5, 5.41) is 13.6. The van der Waals surface area contributed by atoms with Gasteiger partial charge in [-0.15, -0.1) is 0 Å². The zero-order chi connectivity index (χ0) is 15.5. The van der Waals surface area contributed by atoms with Crippen molar-refractivity contribution in [3.8, 4) is 6.07 Å². The highest BCUT2D eigenvalue weighted by molar-refractivity contribution is 8.18. The molecule has 1 aliphatic rings. The van der Waals surface area contributed by atoms with Crippen molar-refractivity contribution < 1.29 is 12.7 Å². The maximum absolute atomic E-state index is 10.9. The van der Waals surface area contributed by atoms with Crippen LogP contribution >= 0.6 is 23.4 Å². The van der Waals surface area contributed by atoms with Crippen molar-refractivity contribution in [3.63, 3.8) is 0 Å². The average Bonchev–Trinajstić information content (AvgIpc) is 2.87. The van der Waals surface area contributed by atoms with Gasteiger partial charge >= 0.3 is 10.1 Å². The van der Waals surface area contributed by atoms with Crippen molar-refractivity contribution >= 4 is 44.1 Å². The van der Waals surface area contributed by atoms with Crippen molar-refractivity contribution in [2.45, 2.75) is 0 Å². The molecule has 1 aromatic carbocycles. The van der Waals surface area contributed by atoms with Crippen LogP contribution in [0.1, 0.15) is 5.56 Å². The average molecular weight is 341 g/mol. The molecule has 0 N–H and O–H groups in total. The first kappa shape index (κ1) is 15.6. The van der Waals surface area contributed by atoms with E-state index in [0.717, 1.165) is 18.0 Å². The van der Waals surface area contributed by atoms with Crippen LogP contribution in [0, 0.1) is 11.3 Å². The molecule has 21 heavy (non-hydrogen) atoms. The summed E-state index contributed by atoms with van der Waals surface area (Å²) in [6.45, 7) is 0. The van der Waals surface area contributed by atoms with Crippen LogP contribution in [0.25, 0.3) is 5.57 Å². The third-order valence-electron chi connectivity index (χ3n) is 2.36. The van der Waals surface area contributed by atoms with Gasteiger partial charge in [-0.2, -0.15) is 13.7 Å². The lowest BCUT2D eigenvalue weighted by Crippen LogP contribution is -1.98. The fraction of sp³-hybridized carbons (Fsp3) is 0.0769. The summed E-state index contributed by atoms with van der Waals surface area (Å²) in [5.74, 6) is 0. The number of hydrogen-bond acceptors (Lipinski definition) is 6. The zero-order valence-electron chi connectivity index (χ0n) is 10.8. The second-order valence-electron chi connectivity index (χ2n) is 3.97. The molecular weight excluding hydrogens is 332 g/mol. The second kappa shape index (κ2) is 6.35. The first-order valence-corrected chi connectivity index (χ1v) is 8.63. The normalized spacial score (nSPS) is 18.6. The van der Waals surface area contributed by atoms with Crippen LogP contribution in [0.3, 0.4) is 0 Å². The third kappa shape index (κ3) is 4.11. The summed E-state index contributed by atoms with van der Waals surface area (Å²) in [6, 6.07) is 9.09. The van der Waals surface area contributed by atoms with Crippen LogP contribution in [-0.2, 0) is 14.4 Å². The fourth-order valence-electron chi connectivity index (χ4n) is 1.53. The van der Waals surface area contributed by atoms with Crippen LogP contribution in [0.5, 0.6) is 0 Å². The van der Waals surface area contributed by atoms with Crippen molar-refractivity contribution in [1.82, 2.24) is 0 Å². The van der Waals surface area contributed by atoms with Crippen molar-refractivity contribution in [2.75, 3.05) is 6.26 Å². The van der Waals surface area contributed by atoms with Crippen LogP contribution in [0.15, 0.2) is 46.5 Å². The van der Waals surface area contributed by atoms with E-state index in [0.29, 0.717) is 26.1 Å². The van der Waals surface area contributed by atoms with Gasteiger partial charge in [0.25, 0.3) is 0 Å². The highest BCUT2D eigenvalue weighted by Gasteiger charge is 2.17. The molecule has 0 aromatic heterocycles. The lowest BCUT2D eigenvalue weighted by atomic mass is 10.1. The molecule has 0 saturated carbocycles. The standard InChI is InChI=1S/C13H9ClN2O3S2/c1-21(17,18)19-16-13-7-6-12(20-13)10(8-15)9-4-2-3-5-11(9)14/h2-7H,1H3/b12-10+,16-13?. The lowest BCUT2D eigenvalue weighted by Gasteiger charge is -2.04. The number of nitriles is 1. The number of nitrogens with zero attached hydrogens (tertiary/aromatic N) is 2. The molecule has 0 radical (unpaired) electrons. The Morgan fingerprint density at radius 2 is 2.10 bits per heavy atom. The Balaban J connectivity index is 2.32. The van der Waals surface area contributed by atoms with E-state index in [1.807, 2.05) is 0 Å². The first-order valence-electron chi connectivity index (χ1n) is 5.62. The number of halogens is 1. The summed E-state index contributed by atoms with van der Waals surface area (Å²) in [5.41, 5.74) is 1.01. The molecule has 0 bridgehead atoms. The van der Waals surface area contributed by atoms with Crippen molar-refractivity contribution in [3.05, 3.63) is 51.9 Å². The summed E-state index contributed by atoms with van der Waals surface area (Å²) in [7, 11) is -3.65. The highest BCUT2D eigenvalue weighted by atomic mass is 35.5. The molecule has 1 aliphatic heterocycles. The molecule has 0 amide bonds. The molecule has 0 aliphatic carbocycles. The number of thioether (sulfide) groups is 1. The molecule has 1 aromatic rings. The number of allylic oxidation sites excluding steroid dienone is 2. The Hall–Kier alpha value is -1.75. The van der Waals surface area contributed by atoms with Gasteiger partial charge in [-0.05, 0) is 18.2 Å². The molecule has 5 nitrogen and oxygen atoms in total. The SMILES string of the molecule is CS(=O)(=O)ON=C1C=C/C(=C(/C#N)c2ccccc2Cl)S1. The smallest absolute Gasteiger partial charge is 0.268 e. The maximum Gasteiger partial charge on any atom is 0.325 e. The van der Waals surface area contributed by atoms with Gasteiger partial charge in [-0.25, -0.2) is 0 Å². The summed E-state index contributed by atoms with van der Waals surface area (Å²) in [4.78, 5) is 0.626. The number of oxime groups is 1. The maximum atomic E-state index is 10.9. The van der Waals surface area contributed by atoms with E-state index in [2.05, 4.69) is 15.5 Å². The minimum absolute atomic E-state index is 0.343. The Kier molecular flexibility index (Phi) is 4.73. The fourth-order valence-corrected chi connectivity index (χ4v) is 2.85. The van der Waals surface area contributed by atoms with Crippen molar-refractivity contribution in [1.29, 1.82) is 5.26 Å². The molecule has 0 spiro atoms. The van der Waals surface area contributed by atoms with Crippen LogP contribution < -0.4 is 0 Å². The Morgan fingerprint density at radius 3 is 2.71 bits per heavy atom. The van der Waals surface area contributed by atoms with Gasteiger partial charge in [0.1, 0.15) is 11.1 Å². The first-order chi connectivity index (χ1) is 9.90. The Labute approximate surface area is 131 Å². The second-order valence-corrected chi connectivity index (χ2v) is 7.00. The van der Waals surface area contributed by atoms with Crippen molar-refractivity contribution in [2.24, 2.45) is 5.16 Å². The minimum Gasteiger partial charge on any atom is -0.268 e. The molecule has 8 heteroatoms. The van der Waals surface area contributed by atoms with Crippen LogP contribution in [-0.4, -0.2) is 19.7 Å². The lowest BCUT2D eigenvalue weighted by molar-refractivity contribution is 0.345. The van der Waals surface area contributed by atoms with E-state index < -0.39 is 10.1 Å². The number of rotatable bonds is 3. The summed E-state index contributed by atoms with van der Waals surface area (Å²) >= 11 is 7.22. The van der Waals surface area contributed by atoms with Gasteiger partial charge in [0.15, 0.2) is 0 Å². The zero-order valence-corrected chi connectivity index (χ0v) is 13.2. The van der Waals surface area contributed by atoms with E-state index in [-0.39, 0.29) is 0 Å². The molecular formula is C13H9ClN2O3S2. The van der Waals surface area contributed by atoms with E-state index in [1.165, 1.54) is 0 Å². The molecule has 108 valence electrons. The summed E-state index contributed by atoms with van der Waals surface area (Å²) in [6.07, 6.45) is 4.14. The number of benzene rings is 1. The van der Waals surface area contributed by atoms with Gasteiger partial charge in [0.2, 0.25) is 0 Å². The van der Waals surface area contributed by atoms with Crippen LogP contribution in [0.2, 0.25) is 5.02 Å². The molecule has 0 unspecified atom stereocenters. The van der Waals surface area contributed by atoms with E-state index in [1.54, 1.807) is 36.4 Å². The predicted octanol–water partition coefficient (Wildman–Crippen LogP) is 3.17. The molecule has 0 atom stereocenters. The number of hydrogen-bond donors (Lipinski definition) is 0. The van der Waals surface area contributed by atoms with Gasteiger partial charge in [-0.1, -0.05) is 46.7 Å². The quantitative estimate of drug-likeness (QED) is 0.623. The molecule has 0 fully saturated rings. The predicted molar refractivity (Wildman–Crippen MR) is 84.1 cm³/mol. The molecule has 2 rings (SSSR count). The monoisotopic (exact) mass is 340 g/mol. The Morgan fingerprint density at radius 1 is 1.38 bits per heavy atom. The molecule has 1 heterocycles. The largest absolute Gasteiger partial charge is 0.325 e. The van der Waals surface area contributed by atoms with Crippen LogP contribution in [0.4, 0.5) is 0 Å². The van der Waals surface area contributed by atoms with E-state index >= 15 is 0 Å². The highest BCUT2D eigenvalue weighted by Crippen LogP contribution is 2.36. The van der Waals surface area contributed by atoms with E-state index in [9.17, 15) is 13.7 Å². The summed E-state index contributed by atoms with van der Waals surface area (Å²) < 4.78 is 26.1. The topological polar surface area (TPSA) is 79.5 Å². The minimum atomic E-state index is -3.65. The third-order valence-corrected chi connectivity index (χ3v) is 4.01. The van der Waals surface area contributed by atoms with Gasteiger partial charge in [0, 0.05) is 15.5 Å². The van der Waals surface area contributed by atoms with Gasteiger partial charge < -0.3 is 0 Å². The Bertz CT molecular complexity index is 805. The van der Waals surface area contributed by atoms with E-state index in [4.69, 9.17) is 11.6 Å². The molecule has 0 saturated heterocycles. The van der Waals surface area contributed by atoms with Gasteiger partial charge in [0.05, 0.1) is 11.8 Å².